The van der Waals surface area contributed by atoms with Crippen molar-refractivity contribution in [1.29, 1.82) is 5.26 Å². The Morgan fingerprint density at radius 1 is 1.32 bits per heavy atom. The van der Waals surface area contributed by atoms with Crippen LogP contribution in [0.5, 0.6) is 0 Å². The molecule has 0 aliphatic carbocycles. The molecule has 0 saturated heterocycles. The van der Waals surface area contributed by atoms with Crippen molar-refractivity contribution in [2.45, 2.75) is 0 Å². The van der Waals surface area contributed by atoms with Crippen LogP contribution in [0.1, 0.15) is 26.5 Å². The lowest BCUT2D eigenvalue weighted by Crippen LogP contribution is -2.13. The Morgan fingerprint density at radius 3 is 2.37 bits per heavy atom. The van der Waals surface area contributed by atoms with Crippen LogP contribution in [0.25, 0.3) is 11.4 Å². The number of carboxylic acids is 1. The number of nitrogens with one attached hydrogen (secondary N) is 1. The molecular weight excluding hydrogens is 248 g/mol. The van der Waals surface area contributed by atoms with Crippen LogP contribution in [-0.4, -0.2) is 27.0 Å². The summed E-state index contributed by atoms with van der Waals surface area (Å²) in [5.41, 5.74) is 5.62. The van der Waals surface area contributed by atoms with E-state index in [4.69, 9.17) is 16.1 Å². The number of carboxylic acid groups (broad SMARTS) is 1. The number of nitriles is 1. The zero-order chi connectivity index (χ0) is 14.0. The number of hydrogen-bond acceptors (Lipinski definition) is 4. The van der Waals surface area contributed by atoms with Gasteiger partial charge in [-0.15, -0.1) is 0 Å². The Kier molecular flexibility index (Phi) is 3.00. The van der Waals surface area contributed by atoms with Crippen LogP contribution in [0.15, 0.2) is 24.3 Å². The summed E-state index contributed by atoms with van der Waals surface area (Å²) >= 11 is 0. The fraction of sp³-hybridized carbons (Fsp3) is 0. The molecule has 0 saturated carbocycles. The third-order valence-electron chi connectivity index (χ3n) is 2.46. The quantitative estimate of drug-likeness (QED) is 0.744. The van der Waals surface area contributed by atoms with Gasteiger partial charge in [-0.05, 0) is 12.1 Å². The molecule has 0 fully saturated rings. The summed E-state index contributed by atoms with van der Waals surface area (Å²) in [6, 6.07) is 7.60. The van der Waals surface area contributed by atoms with E-state index in [1.165, 1.54) is 24.3 Å². The van der Waals surface area contributed by atoms with Crippen molar-refractivity contribution in [1.82, 2.24) is 9.97 Å². The Labute approximate surface area is 107 Å². The van der Waals surface area contributed by atoms with Crippen molar-refractivity contribution < 1.29 is 14.7 Å². The van der Waals surface area contributed by atoms with Crippen molar-refractivity contribution in [2.75, 3.05) is 0 Å². The van der Waals surface area contributed by atoms with Gasteiger partial charge in [0, 0.05) is 5.56 Å². The van der Waals surface area contributed by atoms with Gasteiger partial charge in [-0.2, -0.15) is 5.26 Å². The predicted octanol–water partition coefficient (Wildman–Crippen LogP) is 0.745. The number of hydrogen-bond donors (Lipinski definition) is 3. The molecule has 1 amide bonds. The number of nitrogens with zero attached hydrogens (tertiary/aromatic N) is 2. The summed E-state index contributed by atoms with van der Waals surface area (Å²) in [4.78, 5) is 28.4. The molecular formula is C12H8N4O3. The number of imidazole rings is 1. The number of benzene rings is 1. The number of carbonyl (C=O) groups excluding carboxylic acids is 1. The van der Waals surface area contributed by atoms with Crippen molar-refractivity contribution >= 4 is 11.9 Å². The van der Waals surface area contributed by atoms with Gasteiger partial charge in [0.05, 0.1) is 5.56 Å². The predicted molar refractivity (Wildman–Crippen MR) is 64.2 cm³/mol. The summed E-state index contributed by atoms with van der Waals surface area (Å²) in [7, 11) is 0. The van der Waals surface area contributed by atoms with Gasteiger partial charge in [0.1, 0.15) is 17.6 Å². The Hall–Kier alpha value is -3.14. The first-order valence-corrected chi connectivity index (χ1v) is 5.16. The number of nitrogens with two attached hydrogens (primary N) is 1. The lowest BCUT2D eigenvalue weighted by Gasteiger charge is -1.97. The van der Waals surface area contributed by atoms with Crippen LogP contribution < -0.4 is 5.73 Å². The van der Waals surface area contributed by atoms with E-state index in [0.29, 0.717) is 5.56 Å². The lowest BCUT2D eigenvalue weighted by atomic mass is 10.1. The molecule has 1 aromatic heterocycles. The molecule has 2 rings (SSSR count). The third kappa shape index (κ3) is 2.28. The van der Waals surface area contributed by atoms with Crippen molar-refractivity contribution in [2.24, 2.45) is 5.73 Å². The van der Waals surface area contributed by atoms with Crippen LogP contribution in [0.3, 0.4) is 0 Å². The lowest BCUT2D eigenvalue weighted by molar-refractivity contribution is 0.0696. The van der Waals surface area contributed by atoms with Gasteiger partial charge in [-0.1, -0.05) is 12.1 Å². The molecule has 7 heteroatoms. The van der Waals surface area contributed by atoms with Gasteiger partial charge in [0.15, 0.2) is 5.69 Å². The molecule has 0 aliphatic heterocycles. The van der Waals surface area contributed by atoms with Gasteiger partial charge < -0.3 is 15.8 Å². The van der Waals surface area contributed by atoms with E-state index in [1.807, 2.05) is 0 Å². The van der Waals surface area contributed by atoms with E-state index in [0.717, 1.165) is 0 Å². The largest absolute Gasteiger partial charge is 0.478 e. The zero-order valence-corrected chi connectivity index (χ0v) is 9.54. The topological polar surface area (TPSA) is 133 Å². The number of carbonyl (C=O) groups is 2. The highest BCUT2D eigenvalue weighted by molar-refractivity contribution is 5.93. The Bertz CT molecular complexity index is 695. The van der Waals surface area contributed by atoms with Crippen LogP contribution in [-0.2, 0) is 0 Å². The Balaban J connectivity index is 2.45. The van der Waals surface area contributed by atoms with Gasteiger partial charge >= 0.3 is 5.97 Å². The number of amides is 1. The van der Waals surface area contributed by atoms with E-state index in [-0.39, 0.29) is 22.8 Å². The zero-order valence-electron chi connectivity index (χ0n) is 9.54. The minimum Gasteiger partial charge on any atom is -0.478 e. The van der Waals surface area contributed by atoms with E-state index < -0.39 is 11.9 Å². The first-order chi connectivity index (χ1) is 9.02. The molecule has 1 aromatic carbocycles. The van der Waals surface area contributed by atoms with Gasteiger partial charge in [-0.25, -0.2) is 9.78 Å². The minimum atomic E-state index is -1.04. The highest BCUT2D eigenvalue weighted by Gasteiger charge is 2.15. The van der Waals surface area contributed by atoms with Crippen molar-refractivity contribution in [3.05, 3.63) is 41.2 Å². The first kappa shape index (κ1) is 12.3. The molecule has 0 atom stereocenters. The molecule has 0 radical (unpaired) electrons. The van der Waals surface area contributed by atoms with E-state index in [2.05, 4.69) is 9.97 Å². The number of H-pyrrole nitrogens is 1. The summed E-state index contributed by atoms with van der Waals surface area (Å²) in [6.07, 6.45) is 0. The third-order valence-corrected chi connectivity index (χ3v) is 2.46. The normalized spacial score (nSPS) is 9.84. The number of primary amides is 1. The van der Waals surface area contributed by atoms with Gasteiger partial charge in [-0.3, -0.25) is 4.79 Å². The van der Waals surface area contributed by atoms with E-state index >= 15 is 0 Å². The molecule has 7 nitrogen and oxygen atoms in total. The fourth-order valence-electron chi connectivity index (χ4n) is 1.54. The highest BCUT2D eigenvalue weighted by atomic mass is 16.4. The second-order valence-electron chi connectivity index (χ2n) is 3.67. The molecule has 0 unspecified atom stereocenters. The maximum Gasteiger partial charge on any atom is 0.335 e. The number of aromatic amines is 1. The smallest absolute Gasteiger partial charge is 0.335 e. The average molecular weight is 256 g/mol. The molecule has 0 aliphatic rings. The molecule has 1 heterocycles. The maximum atomic E-state index is 11.1. The van der Waals surface area contributed by atoms with E-state index in [9.17, 15) is 9.59 Å². The molecule has 0 spiro atoms. The van der Waals surface area contributed by atoms with Gasteiger partial charge in [0.25, 0.3) is 5.91 Å². The number of aromatic nitrogens is 2. The molecule has 2 aromatic rings. The number of aromatic carboxylic acids is 1. The monoisotopic (exact) mass is 256 g/mol. The van der Waals surface area contributed by atoms with Gasteiger partial charge in [0.2, 0.25) is 0 Å². The van der Waals surface area contributed by atoms with Crippen LogP contribution in [0.4, 0.5) is 0 Å². The standard InChI is InChI=1S/C12H8N4O3/c13-5-8-9(10(14)17)16-11(15-8)6-1-3-7(4-2-6)12(18)19/h1-4H,(H2,14,17)(H,15,16)(H,18,19). The molecule has 94 valence electrons. The van der Waals surface area contributed by atoms with Crippen LogP contribution in [0.2, 0.25) is 0 Å². The van der Waals surface area contributed by atoms with Crippen molar-refractivity contribution in [3.63, 3.8) is 0 Å². The highest BCUT2D eigenvalue weighted by Crippen LogP contribution is 2.18. The van der Waals surface area contributed by atoms with Crippen LogP contribution in [0, 0.1) is 11.3 Å². The second-order valence-corrected chi connectivity index (χ2v) is 3.67. The number of rotatable bonds is 3. The van der Waals surface area contributed by atoms with E-state index in [1.54, 1.807) is 6.07 Å². The summed E-state index contributed by atoms with van der Waals surface area (Å²) in [6.45, 7) is 0. The Morgan fingerprint density at radius 2 is 1.95 bits per heavy atom. The summed E-state index contributed by atoms with van der Waals surface area (Å²) in [5, 5.41) is 17.6. The molecule has 19 heavy (non-hydrogen) atoms. The average Bonchev–Trinajstić information content (AvgIpc) is 2.83. The fourth-order valence-corrected chi connectivity index (χ4v) is 1.54. The molecule has 4 N–H and O–H groups in total. The van der Waals surface area contributed by atoms with Crippen LogP contribution >= 0.6 is 0 Å². The first-order valence-electron chi connectivity index (χ1n) is 5.16. The van der Waals surface area contributed by atoms with Crippen molar-refractivity contribution in [3.8, 4) is 17.5 Å². The summed E-state index contributed by atoms with van der Waals surface area (Å²) < 4.78 is 0. The molecule has 0 bridgehead atoms. The SMILES string of the molecule is N#Cc1nc(-c2ccc(C(=O)O)cc2)[nH]c1C(N)=O. The second kappa shape index (κ2) is 4.62. The summed E-state index contributed by atoms with van der Waals surface area (Å²) in [5.74, 6) is -1.54. The minimum absolute atomic E-state index is 0.0696. The maximum absolute atomic E-state index is 11.1.